The van der Waals surface area contributed by atoms with Crippen LogP contribution in [-0.2, 0) is 0 Å². The molecule has 2 aromatic carbocycles. The van der Waals surface area contributed by atoms with E-state index in [0.717, 1.165) is 29.8 Å². The molecule has 0 spiro atoms. The Morgan fingerprint density at radius 2 is 1.96 bits per heavy atom. The maximum Gasteiger partial charge on any atom is 0.271 e. The average molecular weight is 396 g/mol. The summed E-state index contributed by atoms with van der Waals surface area (Å²) in [6.07, 6.45) is 4.94. The van der Waals surface area contributed by atoms with Crippen LogP contribution in [0, 0.1) is 0 Å². The van der Waals surface area contributed by atoms with Crippen molar-refractivity contribution < 1.29 is 4.79 Å². The number of nitrogens with one attached hydrogen (secondary N) is 1. The second-order valence-electron chi connectivity index (χ2n) is 7.59. The van der Waals surface area contributed by atoms with Gasteiger partial charge in [-0.05, 0) is 57.0 Å². The van der Waals surface area contributed by atoms with Crippen molar-refractivity contribution in [3.63, 3.8) is 0 Å². The Bertz CT molecular complexity index is 932. The Morgan fingerprint density at radius 1 is 1.25 bits per heavy atom. The molecule has 1 amide bonds. The van der Waals surface area contributed by atoms with Gasteiger partial charge in [-0.2, -0.15) is 5.10 Å². The normalized spacial score (nSPS) is 15.3. The fraction of sp³-hybridized carbons (Fsp3) is 0.304. The lowest BCUT2D eigenvalue weighted by atomic mass is 9.88. The van der Waals surface area contributed by atoms with E-state index in [9.17, 15) is 4.79 Å². The summed E-state index contributed by atoms with van der Waals surface area (Å²) in [5.41, 5.74) is 7.34. The molecule has 28 heavy (non-hydrogen) atoms. The van der Waals surface area contributed by atoms with Crippen LogP contribution in [0.25, 0.3) is 5.57 Å². The van der Waals surface area contributed by atoms with Gasteiger partial charge in [-0.15, -0.1) is 0 Å². The predicted molar refractivity (Wildman–Crippen MR) is 118 cm³/mol. The first kappa shape index (κ1) is 20.2. The van der Waals surface area contributed by atoms with Crippen LogP contribution >= 0.6 is 11.6 Å². The van der Waals surface area contributed by atoms with Gasteiger partial charge >= 0.3 is 0 Å². The molecule has 0 aromatic heterocycles. The highest BCUT2D eigenvalue weighted by Crippen LogP contribution is 2.41. The van der Waals surface area contributed by atoms with Gasteiger partial charge in [0.05, 0.1) is 16.8 Å². The van der Waals surface area contributed by atoms with Gasteiger partial charge in [0.1, 0.15) is 0 Å². The van der Waals surface area contributed by atoms with Gasteiger partial charge in [-0.3, -0.25) is 4.79 Å². The molecule has 1 N–H and O–H groups in total. The number of anilines is 1. The van der Waals surface area contributed by atoms with Crippen molar-refractivity contribution in [3.05, 3.63) is 70.3 Å². The standard InChI is InChI=1S/C23H26ClN3O/c1-5-11-27-21-13-20(24)18(12-19(21)16(2)14-23(27,3)4)15-25-26-22(28)17-9-7-6-8-10-17/h6-10,12-15H,5,11H2,1-4H3,(H,26,28)/b25-15-. The van der Waals surface area contributed by atoms with Crippen LogP contribution in [0.15, 0.2) is 53.6 Å². The number of benzene rings is 2. The topological polar surface area (TPSA) is 44.7 Å². The van der Waals surface area contributed by atoms with Gasteiger partial charge in [0.2, 0.25) is 0 Å². The van der Waals surface area contributed by atoms with Gasteiger partial charge in [-0.1, -0.05) is 42.8 Å². The molecule has 0 saturated carbocycles. The molecule has 146 valence electrons. The lowest BCUT2D eigenvalue weighted by molar-refractivity contribution is 0.0955. The highest BCUT2D eigenvalue weighted by Gasteiger charge is 2.31. The van der Waals surface area contributed by atoms with Crippen LogP contribution in [0.2, 0.25) is 5.02 Å². The molecule has 3 rings (SSSR count). The number of nitrogens with zero attached hydrogens (tertiary/aromatic N) is 2. The summed E-state index contributed by atoms with van der Waals surface area (Å²) >= 11 is 6.55. The van der Waals surface area contributed by atoms with E-state index < -0.39 is 0 Å². The Labute approximate surface area is 171 Å². The van der Waals surface area contributed by atoms with E-state index in [0.29, 0.717) is 10.6 Å². The van der Waals surface area contributed by atoms with Crippen molar-refractivity contribution in [2.75, 3.05) is 11.4 Å². The first-order chi connectivity index (χ1) is 13.3. The summed E-state index contributed by atoms with van der Waals surface area (Å²) in [5.74, 6) is -0.252. The van der Waals surface area contributed by atoms with Gasteiger partial charge < -0.3 is 4.90 Å². The van der Waals surface area contributed by atoms with Gasteiger partial charge in [0.25, 0.3) is 5.91 Å². The van der Waals surface area contributed by atoms with Crippen LogP contribution in [0.3, 0.4) is 0 Å². The van der Waals surface area contributed by atoms with Crippen molar-refractivity contribution >= 4 is 35.0 Å². The number of carbonyl (C=O) groups is 1. The zero-order chi connectivity index (χ0) is 20.3. The smallest absolute Gasteiger partial charge is 0.271 e. The third kappa shape index (κ3) is 4.12. The quantitative estimate of drug-likeness (QED) is 0.535. The van der Waals surface area contributed by atoms with Crippen molar-refractivity contribution in [3.8, 4) is 0 Å². The lowest BCUT2D eigenvalue weighted by Crippen LogP contribution is -2.45. The second-order valence-corrected chi connectivity index (χ2v) is 8.00. The molecule has 1 aliphatic heterocycles. The first-order valence-electron chi connectivity index (χ1n) is 9.53. The van der Waals surface area contributed by atoms with E-state index in [-0.39, 0.29) is 11.4 Å². The number of rotatable bonds is 5. The minimum absolute atomic E-state index is 0.0598. The molecule has 1 heterocycles. The summed E-state index contributed by atoms with van der Waals surface area (Å²) in [5, 5.41) is 4.71. The third-order valence-electron chi connectivity index (χ3n) is 4.95. The number of hydrogen-bond acceptors (Lipinski definition) is 3. The van der Waals surface area contributed by atoms with Crippen LogP contribution in [0.5, 0.6) is 0 Å². The zero-order valence-electron chi connectivity index (χ0n) is 16.8. The maximum absolute atomic E-state index is 12.1. The monoisotopic (exact) mass is 395 g/mol. The number of carbonyl (C=O) groups excluding carboxylic acids is 1. The van der Waals surface area contributed by atoms with E-state index in [1.807, 2.05) is 30.3 Å². The Balaban J connectivity index is 1.87. The highest BCUT2D eigenvalue weighted by atomic mass is 35.5. The predicted octanol–water partition coefficient (Wildman–Crippen LogP) is 5.52. The van der Waals surface area contributed by atoms with Crippen molar-refractivity contribution in [2.24, 2.45) is 5.10 Å². The van der Waals surface area contributed by atoms with Crippen molar-refractivity contribution in [2.45, 2.75) is 39.7 Å². The highest BCUT2D eigenvalue weighted by molar-refractivity contribution is 6.33. The van der Waals surface area contributed by atoms with Crippen LogP contribution < -0.4 is 10.3 Å². The number of hydrogen-bond donors (Lipinski definition) is 1. The third-order valence-corrected chi connectivity index (χ3v) is 5.28. The van der Waals surface area contributed by atoms with Crippen LogP contribution in [0.1, 0.15) is 55.6 Å². The van der Waals surface area contributed by atoms with Gasteiger partial charge in [0, 0.05) is 28.9 Å². The van der Waals surface area contributed by atoms with E-state index in [1.54, 1.807) is 18.3 Å². The molecule has 4 nitrogen and oxygen atoms in total. The molecular weight excluding hydrogens is 370 g/mol. The van der Waals surface area contributed by atoms with Gasteiger partial charge in [0.15, 0.2) is 0 Å². The summed E-state index contributed by atoms with van der Waals surface area (Å²) in [6, 6.07) is 13.0. The number of hydrazone groups is 1. The largest absolute Gasteiger partial charge is 0.362 e. The average Bonchev–Trinajstić information content (AvgIpc) is 2.66. The molecule has 0 unspecified atom stereocenters. The molecule has 0 fully saturated rings. The van der Waals surface area contributed by atoms with Crippen LogP contribution in [0.4, 0.5) is 5.69 Å². The number of allylic oxidation sites excluding steroid dienone is 1. The fourth-order valence-electron chi connectivity index (χ4n) is 3.66. The minimum atomic E-state index is -0.252. The zero-order valence-corrected chi connectivity index (χ0v) is 17.5. The summed E-state index contributed by atoms with van der Waals surface area (Å²) in [6.45, 7) is 9.70. The Kier molecular flexibility index (Phi) is 5.90. The Hall–Kier alpha value is -2.59. The molecule has 0 atom stereocenters. The summed E-state index contributed by atoms with van der Waals surface area (Å²) < 4.78 is 0. The van der Waals surface area contributed by atoms with E-state index in [2.05, 4.69) is 49.2 Å². The molecule has 0 saturated heterocycles. The molecule has 2 aromatic rings. The molecule has 0 aliphatic carbocycles. The first-order valence-corrected chi connectivity index (χ1v) is 9.90. The molecular formula is C23H26ClN3O. The van der Waals surface area contributed by atoms with Crippen molar-refractivity contribution in [1.29, 1.82) is 0 Å². The maximum atomic E-state index is 12.1. The fourth-order valence-corrected chi connectivity index (χ4v) is 3.87. The van der Waals surface area contributed by atoms with E-state index >= 15 is 0 Å². The van der Waals surface area contributed by atoms with Gasteiger partial charge in [-0.25, -0.2) is 5.43 Å². The minimum Gasteiger partial charge on any atom is -0.362 e. The lowest BCUT2D eigenvalue weighted by Gasteiger charge is -2.43. The number of fused-ring (bicyclic) bond motifs is 1. The summed E-state index contributed by atoms with van der Waals surface area (Å²) in [4.78, 5) is 14.5. The van der Waals surface area contributed by atoms with E-state index in [4.69, 9.17) is 11.6 Å². The summed E-state index contributed by atoms with van der Waals surface area (Å²) in [7, 11) is 0. The Morgan fingerprint density at radius 3 is 2.64 bits per heavy atom. The second kappa shape index (κ2) is 8.19. The number of amides is 1. The molecule has 1 aliphatic rings. The number of halogens is 1. The molecule has 0 radical (unpaired) electrons. The molecule has 0 bridgehead atoms. The van der Waals surface area contributed by atoms with E-state index in [1.165, 1.54) is 5.57 Å². The van der Waals surface area contributed by atoms with Crippen molar-refractivity contribution in [1.82, 2.24) is 5.43 Å². The molecule has 5 heteroatoms. The SMILES string of the molecule is CCCN1c2cc(Cl)c(/C=N\NC(=O)c3ccccc3)cc2C(C)=CC1(C)C. The van der Waals surface area contributed by atoms with Crippen LogP contribution in [-0.4, -0.2) is 24.2 Å².